The van der Waals surface area contributed by atoms with Crippen molar-refractivity contribution < 1.29 is 9.72 Å². The number of benzene rings is 2. The first-order chi connectivity index (χ1) is 10.6. The van der Waals surface area contributed by atoms with Crippen molar-refractivity contribution in [2.75, 3.05) is 5.32 Å². The summed E-state index contributed by atoms with van der Waals surface area (Å²) in [5.74, 6) is -0.294. The van der Waals surface area contributed by atoms with Crippen molar-refractivity contribution in [2.24, 2.45) is 7.05 Å². The fourth-order valence-electron chi connectivity index (χ4n) is 2.39. The van der Waals surface area contributed by atoms with Gasteiger partial charge >= 0.3 is 0 Å². The molecule has 1 aromatic heterocycles. The van der Waals surface area contributed by atoms with Crippen LogP contribution >= 0.6 is 0 Å². The van der Waals surface area contributed by atoms with Crippen LogP contribution in [-0.2, 0) is 7.05 Å². The lowest BCUT2D eigenvalue weighted by Gasteiger charge is -2.03. The molecule has 0 aliphatic rings. The number of non-ortho nitro benzene ring substituents is 1. The van der Waals surface area contributed by atoms with Crippen LogP contribution in [0.1, 0.15) is 10.4 Å². The summed E-state index contributed by atoms with van der Waals surface area (Å²) >= 11 is 0. The molecule has 1 amide bonds. The van der Waals surface area contributed by atoms with Gasteiger partial charge in [-0.15, -0.1) is 0 Å². The van der Waals surface area contributed by atoms with E-state index in [4.69, 9.17) is 0 Å². The number of carbonyl (C=O) groups is 1. The number of aryl methyl sites for hydroxylation is 1. The molecule has 0 unspecified atom stereocenters. The molecule has 0 aliphatic heterocycles. The standard InChI is InChI=1S/C16H13N3O3/c1-18-10-14(16(20)17-11-5-3-2-4-6-11)13-9-12(19(21)22)7-8-15(13)18/h2-10H,1H3,(H,17,20). The number of hydrogen-bond acceptors (Lipinski definition) is 3. The normalized spacial score (nSPS) is 10.6. The van der Waals surface area contributed by atoms with Gasteiger partial charge < -0.3 is 9.88 Å². The molecule has 1 heterocycles. The highest BCUT2D eigenvalue weighted by molar-refractivity contribution is 6.13. The van der Waals surface area contributed by atoms with Gasteiger partial charge in [0.2, 0.25) is 0 Å². The van der Waals surface area contributed by atoms with Gasteiger partial charge in [0.25, 0.3) is 11.6 Å². The summed E-state index contributed by atoms with van der Waals surface area (Å²) < 4.78 is 1.78. The molecule has 2 aromatic carbocycles. The maximum Gasteiger partial charge on any atom is 0.270 e. The van der Waals surface area contributed by atoms with E-state index in [0.717, 1.165) is 5.52 Å². The molecular weight excluding hydrogens is 282 g/mol. The van der Waals surface area contributed by atoms with Crippen molar-refractivity contribution in [3.8, 4) is 0 Å². The first-order valence-corrected chi connectivity index (χ1v) is 6.66. The molecule has 6 nitrogen and oxygen atoms in total. The molecule has 22 heavy (non-hydrogen) atoms. The lowest BCUT2D eigenvalue weighted by molar-refractivity contribution is -0.384. The van der Waals surface area contributed by atoms with Gasteiger partial charge in [0.1, 0.15) is 0 Å². The Kier molecular flexibility index (Phi) is 3.34. The summed E-state index contributed by atoms with van der Waals surface area (Å²) in [7, 11) is 1.80. The maximum absolute atomic E-state index is 12.4. The SMILES string of the molecule is Cn1cc(C(=O)Nc2ccccc2)c2cc([N+](=O)[O-])ccc21. The Morgan fingerprint density at radius 2 is 1.91 bits per heavy atom. The monoisotopic (exact) mass is 295 g/mol. The third kappa shape index (κ3) is 2.42. The zero-order chi connectivity index (χ0) is 15.7. The number of hydrogen-bond donors (Lipinski definition) is 1. The molecule has 6 heteroatoms. The molecule has 0 aliphatic carbocycles. The highest BCUT2D eigenvalue weighted by Crippen LogP contribution is 2.26. The summed E-state index contributed by atoms with van der Waals surface area (Å²) in [4.78, 5) is 22.9. The Hall–Kier alpha value is -3.15. The third-order valence-corrected chi connectivity index (χ3v) is 3.46. The fraction of sp³-hybridized carbons (Fsp3) is 0.0625. The number of carbonyl (C=O) groups excluding carboxylic acids is 1. The number of nitro groups is 1. The smallest absolute Gasteiger partial charge is 0.270 e. The highest BCUT2D eigenvalue weighted by Gasteiger charge is 2.17. The maximum atomic E-state index is 12.4. The van der Waals surface area contributed by atoms with Crippen molar-refractivity contribution in [1.82, 2.24) is 4.57 Å². The Morgan fingerprint density at radius 1 is 1.18 bits per heavy atom. The summed E-state index contributed by atoms with van der Waals surface area (Å²) in [6, 6.07) is 13.6. The Labute approximate surface area is 126 Å². The second-order valence-corrected chi connectivity index (χ2v) is 4.93. The van der Waals surface area contributed by atoms with Crippen molar-refractivity contribution >= 4 is 28.2 Å². The summed E-state index contributed by atoms with van der Waals surface area (Å²) in [5, 5.41) is 14.3. The minimum absolute atomic E-state index is 0.0348. The first kappa shape index (κ1) is 13.8. The predicted molar refractivity (Wildman–Crippen MR) is 84.0 cm³/mol. The number of anilines is 1. The fourth-order valence-corrected chi connectivity index (χ4v) is 2.39. The summed E-state index contributed by atoms with van der Waals surface area (Å²) in [5.41, 5.74) is 1.82. The summed E-state index contributed by atoms with van der Waals surface area (Å²) in [6.07, 6.45) is 1.67. The summed E-state index contributed by atoms with van der Waals surface area (Å²) in [6.45, 7) is 0. The Morgan fingerprint density at radius 3 is 2.59 bits per heavy atom. The Balaban J connectivity index is 2.04. The van der Waals surface area contributed by atoms with Gasteiger partial charge in [-0.3, -0.25) is 14.9 Å². The van der Waals surface area contributed by atoms with Gasteiger partial charge in [-0.1, -0.05) is 18.2 Å². The van der Waals surface area contributed by atoms with E-state index in [1.165, 1.54) is 12.1 Å². The molecule has 1 N–H and O–H groups in total. The predicted octanol–water partition coefficient (Wildman–Crippen LogP) is 3.34. The number of nitrogens with one attached hydrogen (secondary N) is 1. The van der Waals surface area contributed by atoms with E-state index in [1.54, 1.807) is 36.0 Å². The van der Waals surface area contributed by atoms with Crippen LogP contribution in [0.3, 0.4) is 0 Å². The molecular formula is C16H13N3O3. The van der Waals surface area contributed by atoms with Crippen LogP contribution in [0.15, 0.2) is 54.7 Å². The van der Waals surface area contributed by atoms with E-state index in [-0.39, 0.29) is 11.6 Å². The van der Waals surface area contributed by atoms with Crippen molar-refractivity contribution in [3.63, 3.8) is 0 Å². The molecule has 110 valence electrons. The van der Waals surface area contributed by atoms with E-state index in [9.17, 15) is 14.9 Å². The van der Waals surface area contributed by atoms with Gasteiger partial charge in [0, 0.05) is 42.0 Å². The number of nitrogens with zero attached hydrogens (tertiary/aromatic N) is 2. The van der Waals surface area contributed by atoms with Crippen LogP contribution in [-0.4, -0.2) is 15.4 Å². The molecule has 0 fully saturated rings. The minimum atomic E-state index is -0.467. The lowest BCUT2D eigenvalue weighted by atomic mass is 10.1. The van der Waals surface area contributed by atoms with Crippen molar-refractivity contribution in [2.45, 2.75) is 0 Å². The van der Waals surface area contributed by atoms with Gasteiger partial charge in [-0.2, -0.15) is 0 Å². The number of rotatable bonds is 3. The molecule has 3 aromatic rings. The molecule has 0 radical (unpaired) electrons. The zero-order valence-corrected chi connectivity index (χ0v) is 11.8. The number of fused-ring (bicyclic) bond motifs is 1. The zero-order valence-electron chi connectivity index (χ0n) is 11.8. The largest absolute Gasteiger partial charge is 0.350 e. The number of aromatic nitrogens is 1. The topological polar surface area (TPSA) is 77.2 Å². The number of para-hydroxylation sites is 1. The van der Waals surface area contributed by atoms with Gasteiger partial charge in [-0.25, -0.2) is 0 Å². The molecule has 0 saturated carbocycles. The van der Waals surface area contributed by atoms with Gasteiger partial charge in [-0.05, 0) is 18.2 Å². The molecule has 3 rings (SSSR count). The van der Waals surface area contributed by atoms with E-state index >= 15 is 0 Å². The van der Waals surface area contributed by atoms with E-state index in [0.29, 0.717) is 16.6 Å². The van der Waals surface area contributed by atoms with Crippen LogP contribution in [0, 0.1) is 10.1 Å². The number of amides is 1. The van der Waals surface area contributed by atoms with Crippen molar-refractivity contribution in [1.29, 1.82) is 0 Å². The minimum Gasteiger partial charge on any atom is -0.350 e. The van der Waals surface area contributed by atoms with Crippen LogP contribution in [0.4, 0.5) is 11.4 Å². The highest BCUT2D eigenvalue weighted by atomic mass is 16.6. The van der Waals surface area contributed by atoms with Crippen LogP contribution in [0.25, 0.3) is 10.9 Å². The average Bonchev–Trinajstić information content (AvgIpc) is 2.85. The molecule has 0 bridgehead atoms. The second kappa shape index (κ2) is 5.33. The van der Waals surface area contributed by atoms with E-state index in [2.05, 4.69) is 5.32 Å². The van der Waals surface area contributed by atoms with Crippen molar-refractivity contribution in [3.05, 3.63) is 70.4 Å². The number of nitro benzene ring substituents is 1. The van der Waals surface area contributed by atoms with Crippen LogP contribution in [0.5, 0.6) is 0 Å². The lowest BCUT2D eigenvalue weighted by Crippen LogP contribution is -2.11. The Bertz CT molecular complexity index is 869. The van der Waals surface area contributed by atoms with Crippen LogP contribution < -0.4 is 5.32 Å². The quantitative estimate of drug-likeness (QED) is 0.594. The third-order valence-electron chi connectivity index (χ3n) is 3.46. The first-order valence-electron chi connectivity index (χ1n) is 6.66. The van der Waals surface area contributed by atoms with Gasteiger partial charge in [0.15, 0.2) is 0 Å². The molecule has 0 atom stereocenters. The van der Waals surface area contributed by atoms with Crippen LogP contribution in [0.2, 0.25) is 0 Å². The van der Waals surface area contributed by atoms with Gasteiger partial charge in [0.05, 0.1) is 10.5 Å². The average molecular weight is 295 g/mol. The molecule has 0 spiro atoms. The van der Waals surface area contributed by atoms with E-state index in [1.807, 2.05) is 18.2 Å². The van der Waals surface area contributed by atoms with E-state index < -0.39 is 4.92 Å². The second-order valence-electron chi connectivity index (χ2n) is 4.93. The molecule has 0 saturated heterocycles.